The second kappa shape index (κ2) is 4.48. The molecule has 0 radical (unpaired) electrons. The first-order chi connectivity index (χ1) is 9.14. The molecule has 3 atom stereocenters. The standard InChI is InChI=1S/C18H31N/c1-12-4-3-5-17(12)19-13(2)18-9-14-6-15(10-18)8-16(7-14)11-18/h12-17,19H,3-11H2,1-2H3. The molecule has 5 aliphatic rings. The molecule has 3 unspecified atom stereocenters. The highest BCUT2D eigenvalue weighted by molar-refractivity contribution is 5.05. The molecule has 0 heterocycles. The predicted molar refractivity (Wildman–Crippen MR) is 80.0 cm³/mol. The fraction of sp³-hybridized carbons (Fsp3) is 1.00. The van der Waals surface area contributed by atoms with Crippen molar-refractivity contribution in [2.75, 3.05) is 0 Å². The second-order valence-corrected chi connectivity index (χ2v) is 8.68. The van der Waals surface area contributed by atoms with Crippen LogP contribution in [0.25, 0.3) is 0 Å². The van der Waals surface area contributed by atoms with Gasteiger partial charge < -0.3 is 5.32 Å². The van der Waals surface area contributed by atoms with Crippen molar-refractivity contribution in [2.24, 2.45) is 29.1 Å². The van der Waals surface area contributed by atoms with Gasteiger partial charge in [-0.05, 0) is 87.4 Å². The van der Waals surface area contributed by atoms with Crippen LogP contribution >= 0.6 is 0 Å². The fourth-order valence-corrected chi connectivity index (χ4v) is 6.60. The Labute approximate surface area is 118 Å². The molecule has 4 bridgehead atoms. The topological polar surface area (TPSA) is 12.0 Å². The number of hydrogen-bond acceptors (Lipinski definition) is 1. The van der Waals surface area contributed by atoms with Gasteiger partial charge in [-0.2, -0.15) is 0 Å². The minimum atomic E-state index is 0.692. The van der Waals surface area contributed by atoms with Gasteiger partial charge in [0.25, 0.3) is 0 Å². The van der Waals surface area contributed by atoms with Crippen molar-refractivity contribution in [1.29, 1.82) is 0 Å². The second-order valence-electron chi connectivity index (χ2n) is 8.68. The smallest absolute Gasteiger partial charge is 0.00981 e. The van der Waals surface area contributed by atoms with Gasteiger partial charge in [-0.25, -0.2) is 0 Å². The van der Waals surface area contributed by atoms with Crippen LogP contribution in [-0.4, -0.2) is 12.1 Å². The zero-order valence-corrected chi connectivity index (χ0v) is 12.8. The van der Waals surface area contributed by atoms with Crippen molar-refractivity contribution in [1.82, 2.24) is 5.32 Å². The first kappa shape index (κ1) is 12.7. The Balaban J connectivity index is 1.48. The third kappa shape index (κ3) is 2.07. The van der Waals surface area contributed by atoms with Crippen molar-refractivity contribution in [3.8, 4) is 0 Å². The van der Waals surface area contributed by atoms with Gasteiger partial charge >= 0.3 is 0 Å². The van der Waals surface area contributed by atoms with E-state index in [1.165, 1.54) is 19.3 Å². The minimum absolute atomic E-state index is 0.692. The highest BCUT2D eigenvalue weighted by atomic mass is 15.0. The molecule has 0 aliphatic heterocycles. The Morgan fingerprint density at radius 2 is 1.53 bits per heavy atom. The van der Waals surface area contributed by atoms with E-state index in [-0.39, 0.29) is 0 Å². The molecular weight excluding hydrogens is 230 g/mol. The number of hydrogen-bond donors (Lipinski definition) is 1. The van der Waals surface area contributed by atoms with E-state index in [0.717, 1.165) is 35.8 Å². The first-order valence-electron chi connectivity index (χ1n) is 8.91. The third-order valence-corrected chi connectivity index (χ3v) is 7.33. The monoisotopic (exact) mass is 261 g/mol. The largest absolute Gasteiger partial charge is 0.311 e. The van der Waals surface area contributed by atoms with Crippen LogP contribution in [0.1, 0.15) is 71.6 Å². The molecule has 19 heavy (non-hydrogen) atoms. The lowest BCUT2D eigenvalue weighted by atomic mass is 9.48. The Morgan fingerprint density at radius 1 is 0.947 bits per heavy atom. The molecule has 108 valence electrons. The van der Waals surface area contributed by atoms with Crippen LogP contribution in [0.4, 0.5) is 0 Å². The Hall–Kier alpha value is -0.0400. The molecule has 0 aromatic carbocycles. The SMILES string of the molecule is CC1CCCC1NC(C)C12CC3CC(CC(C3)C1)C2. The zero-order valence-electron chi connectivity index (χ0n) is 12.8. The van der Waals surface area contributed by atoms with Gasteiger partial charge in [0.05, 0.1) is 0 Å². The molecule has 0 amide bonds. The summed E-state index contributed by atoms with van der Waals surface area (Å²) in [6, 6.07) is 1.59. The van der Waals surface area contributed by atoms with Crippen molar-refractivity contribution < 1.29 is 0 Å². The van der Waals surface area contributed by atoms with Gasteiger partial charge in [0, 0.05) is 12.1 Å². The van der Waals surface area contributed by atoms with Crippen LogP contribution in [0.15, 0.2) is 0 Å². The first-order valence-corrected chi connectivity index (χ1v) is 8.91. The van der Waals surface area contributed by atoms with E-state index in [1.807, 2.05) is 0 Å². The number of nitrogens with one attached hydrogen (secondary N) is 1. The molecule has 1 nitrogen and oxygen atoms in total. The zero-order chi connectivity index (χ0) is 13.0. The summed E-state index contributed by atoms with van der Waals surface area (Å²) < 4.78 is 0. The summed E-state index contributed by atoms with van der Waals surface area (Å²) in [7, 11) is 0. The molecule has 5 rings (SSSR count). The summed E-state index contributed by atoms with van der Waals surface area (Å²) in [5.41, 5.74) is 0.692. The van der Waals surface area contributed by atoms with Gasteiger partial charge in [-0.3, -0.25) is 0 Å². The summed E-state index contributed by atoms with van der Waals surface area (Å²) in [6.07, 6.45) is 13.7. The third-order valence-electron chi connectivity index (χ3n) is 7.33. The van der Waals surface area contributed by atoms with Crippen LogP contribution in [0.2, 0.25) is 0 Å². The van der Waals surface area contributed by atoms with E-state index in [0.29, 0.717) is 5.41 Å². The van der Waals surface area contributed by atoms with E-state index in [4.69, 9.17) is 0 Å². The molecule has 0 aromatic heterocycles. The van der Waals surface area contributed by atoms with Gasteiger partial charge in [0.15, 0.2) is 0 Å². The lowest BCUT2D eigenvalue weighted by Gasteiger charge is -2.59. The maximum Gasteiger partial charge on any atom is 0.00981 e. The quantitative estimate of drug-likeness (QED) is 0.795. The van der Waals surface area contributed by atoms with Crippen molar-refractivity contribution in [3.63, 3.8) is 0 Å². The fourth-order valence-electron chi connectivity index (χ4n) is 6.60. The van der Waals surface area contributed by atoms with Gasteiger partial charge in [0.2, 0.25) is 0 Å². The molecule has 0 spiro atoms. The summed E-state index contributed by atoms with van der Waals surface area (Å²) in [5.74, 6) is 4.20. The number of rotatable bonds is 3. The van der Waals surface area contributed by atoms with Crippen molar-refractivity contribution in [2.45, 2.75) is 83.7 Å². The van der Waals surface area contributed by atoms with Gasteiger partial charge in [0.1, 0.15) is 0 Å². The summed E-state index contributed by atoms with van der Waals surface area (Å²) >= 11 is 0. The lowest BCUT2D eigenvalue weighted by Crippen LogP contribution is -2.56. The lowest BCUT2D eigenvalue weighted by molar-refractivity contribution is -0.0726. The van der Waals surface area contributed by atoms with Crippen LogP contribution in [-0.2, 0) is 0 Å². The van der Waals surface area contributed by atoms with Crippen LogP contribution in [0.5, 0.6) is 0 Å². The van der Waals surface area contributed by atoms with E-state index in [1.54, 1.807) is 38.5 Å². The Kier molecular flexibility index (Phi) is 2.99. The molecular formula is C18H31N. The van der Waals surface area contributed by atoms with E-state index in [9.17, 15) is 0 Å². The predicted octanol–water partition coefficient (Wildman–Crippen LogP) is 4.37. The van der Waals surface area contributed by atoms with E-state index < -0.39 is 0 Å². The van der Waals surface area contributed by atoms with Gasteiger partial charge in [-0.1, -0.05) is 13.3 Å². The van der Waals surface area contributed by atoms with Gasteiger partial charge in [-0.15, -0.1) is 0 Å². The summed E-state index contributed by atoms with van der Waals surface area (Å²) in [4.78, 5) is 0. The molecule has 0 saturated heterocycles. The van der Waals surface area contributed by atoms with E-state index in [2.05, 4.69) is 19.2 Å². The Morgan fingerprint density at radius 3 is 2.00 bits per heavy atom. The molecule has 0 aromatic rings. The van der Waals surface area contributed by atoms with Crippen LogP contribution in [0, 0.1) is 29.1 Å². The highest BCUT2D eigenvalue weighted by Crippen LogP contribution is 2.61. The molecule has 5 fully saturated rings. The maximum absolute atomic E-state index is 4.09. The Bertz CT molecular complexity index is 312. The average molecular weight is 261 g/mol. The molecule has 1 N–H and O–H groups in total. The molecule has 5 saturated carbocycles. The highest BCUT2D eigenvalue weighted by Gasteiger charge is 2.53. The van der Waals surface area contributed by atoms with E-state index >= 15 is 0 Å². The van der Waals surface area contributed by atoms with Crippen molar-refractivity contribution >= 4 is 0 Å². The maximum atomic E-state index is 4.09. The minimum Gasteiger partial charge on any atom is -0.311 e. The molecule has 5 aliphatic carbocycles. The van der Waals surface area contributed by atoms with Crippen LogP contribution < -0.4 is 5.32 Å². The average Bonchev–Trinajstić information content (AvgIpc) is 2.73. The summed E-state index contributed by atoms with van der Waals surface area (Å²) in [5, 5.41) is 4.09. The molecule has 1 heteroatoms. The summed E-state index contributed by atoms with van der Waals surface area (Å²) in [6.45, 7) is 4.98. The normalized spacial score (nSPS) is 53.7. The van der Waals surface area contributed by atoms with Crippen molar-refractivity contribution in [3.05, 3.63) is 0 Å². The van der Waals surface area contributed by atoms with Crippen LogP contribution in [0.3, 0.4) is 0 Å².